The highest BCUT2D eigenvalue weighted by molar-refractivity contribution is 9.11. The molecule has 0 aliphatic heterocycles. The molecule has 1 unspecified atom stereocenters. The van der Waals surface area contributed by atoms with Crippen molar-refractivity contribution in [3.05, 3.63) is 54.3 Å². The van der Waals surface area contributed by atoms with Gasteiger partial charge in [0.25, 0.3) is 0 Å². The molecule has 0 spiro atoms. The van der Waals surface area contributed by atoms with Gasteiger partial charge in [-0.15, -0.1) is 11.3 Å². The number of nitrogens with one attached hydrogen (secondary N) is 1. The minimum atomic E-state index is -0.212. The molecule has 19 heavy (non-hydrogen) atoms. The van der Waals surface area contributed by atoms with Gasteiger partial charge in [-0.1, -0.05) is 15.9 Å². The molecule has 0 aliphatic carbocycles. The number of halogens is 3. The first kappa shape index (κ1) is 15.1. The first-order valence-electron chi connectivity index (χ1n) is 5.67. The summed E-state index contributed by atoms with van der Waals surface area (Å²) in [6.07, 6.45) is 0.508. The molecule has 1 atom stereocenters. The van der Waals surface area contributed by atoms with Gasteiger partial charge in [0.05, 0.1) is 9.83 Å². The number of benzene rings is 1. The molecule has 0 aliphatic rings. The zero-order valence-corrected chi connectivity index (χ0v) is 14.2. The summed E-state index contributed by atoms with van der Waals surface area (Å²) in [5, 5.41) is 0. The van der Waals surface area contributed by atoms with Gasteiger partial charge < -0.3 is 0 Å². The van der Waals surface area contributed by atoms with E-state index in [1.165, 1.54) is 6.07 Å². The number of aryl methyl sites for hydroxylation is 1. The van der Waals surface area contributed by atoms with Crippen molar-refractivity contribution in [3.63, 3.8) is 0 Å². The fourth-order valence-corrected chi connectivity index (χ4v) is 3.86. The monoisotopic (exact) mass is 406 g/mol. The molecule has 0 bridgehead atoms. The standard InChI is InChI=1S/C13H13Br2FN2S/c1-7-4-12(19-13(7)15)11(18-17)6-8-5-9(14)2-3-10(8)16/h2-5,11,18H,6,17H2,1H3. The van der Waals surface area contributed by atoms with Crippen LogP contribution in [0.4, 0.5) is 4.39 Å². The van der Waals surface area contributed by atoms with Crippen LogP contribution in [0, 0.1) is 12.7 Å². The van der Waals surface area contributed by atoms with Gasteiger partial charge in [0, 0.05) is 9.35 Å². The van der Waals surface area contributed by atoms with Crippen molar-refractivity contribution < 1.29 is 4.39 Å². The van der Waals surface area contributed by atoms with E-state index in [1.807, 2.05) is 6.92 Å². The first-order valence-corrected chi connectivity index (χ1v) is 8.07. The summed E-state index contributed by atoms with van der Waals surface area (Å²) in [5.74, 6) is 5.40. The average molecular weight is 408 g/mol. The van der Waals surface area contributed by atoms with Gasteiger partial charge in [0.1, 0.15) is 5.82 Å². The van der Waals surface area contributed by atoms with Crippen LogP contribution in [0.2, 0.25) is 0 Å². The topological polar surface area (TPSA) is 38.0 Å². The molecule has 2 rings (SSSR count). The van der Waals surface area contributed by atoms with Crippen molar-refractivity contribution in [2.45, 2.75) is 19.4 Å². The smallest absolute Gasteiger partial charge is 0.126 e. The quantitative estimate of drug-likeness (QED) is 0.579. The lowest BCUT2D eigenvalue weighted by Crippen LogP contribution is -2.29. The fraction of sp³-hybridized carbons (Fsp3) is 0.231. The van der Waals surface area contributed by atoms with Crippen molar-refractivity contribution in [3.8, 4) is 0 Å². The lowest BCUT2D eigenvalue weighted by Gasteiger charge is -2.15. The Bertz CT molecular complexity index is 567. The van der Waals surface area contributed by atoms with Crippen molar-refractivity contribution in [2.75, 3.05) is 0 Å². The van der Waals surface area contributed by atoms with Gasteiger partial charge >= 0.3 is 0 Å². The minimum absolute atomic E-state index is 0.0983. The Balaban J connectivity index is 2.26. The lowest BCUT2D eigenvalue weighted by molar-refractivity contribution is 0.535. The Hall–Kier alpha value is -0.270. The first-order chi connectivity index (χ1) is 9.01. The van der Waals surface area contributed by atoms with Gasteiger partial charge in [0.15, 0.2) is 0 Å². The molecule has 0 radical (unpaired) electrons. The summed E-state index contributed by atoms with van der Waals surface area (Å²) in [4.78, 5) is 1.09. The van der Waals surface area contributed by atoms with Gasteiger partial charge in [-0.2, -0.15) is 0 Å². The summed E-state index contributed by atoms with van der Waals surface area (Å²) < 4.78 is 15.7. The van der Waals surface area contributed by atoms with Crippen LogP contribution in [0.25, 0.3) is 0 Å². The molecular formula is C13H13Br2FN2S. The van der Waals surface area contributed by atoms with Crippen LogP contribution in [0.15, 0.2) is 32.5 Å². The Morgan fingerprint density at radius 3 is 2.68 bits per heavy atom. The maximum absolute atomic E-state index is 13.8. The van der Waals surface area contributed by atoms with E-state index in [0.717, 1.165) is 18.7 Å². The fourth-order valence-electron chi connectivity index (χ4n) is 1.82. The van der Waals surface area contributed by atoms with Crippen molar-refractivity contribution in [1.29, 1.82) is 0 Å². The van der Waals surface area contributed by atoms with E-state index in [9.17, 15) is 4.39 Å². The van der Waals surface area contributed by atoms with Crippen LogP contribution in [-0.4, -0.2) is 0 Å². The van der Waals surface area contributed by atoms with Gasteiger partial charge in [-0.05, 0) is 64.7 Å². The van der Waals surface area contributed by atoms with E-state index in [0.29, 0.717) is 12.0 Å². The lowest BCUT2D eigenvalue weighted by atomic mass is 10.0. The second kappa shape index (κ2) is 6.45. The molecule has 1 aromatic heterocycles. The minimum Gasteiger partial charge on any atom is -0.271 e. The number of hydrogen-bond acceptors (Lipinski definition) is 3. The summed E-state index contributed by atoms with van der Waals surface area (Å²) in [5.41, 5.74) is 4.56. The van der Waals surface area contributed by atoms with Crippen LogP contribution in [-0.2, 0) is 6.42 Å². The largest absolute Gasteiger partial charge is 0.271 e. The number of hydrogen-bond donors (Lipinski definition) is 2. The molecule has 2 nitrogen and oxygen atoms in total. The summed E-state index contributed by atoms with van der Waals surface area (Å²) in [6, 6.07) is 6.90. The molecule has 0 saturated carbocycles. The van der Waals surface area contributed by atoms with E-state index < -0.39 is 0 Å². The maximum atomic E-state index is 13.8. The highest BCUT2D eigenvalue weighted by atomic mass is 79.9. The molecule has 0 saturated heterocycles. The van der Waals surface area contributed by atoms with Crippen molar-refractivity contribution >= 4 is 43.2 Å². The second-order valence-electron chi connectivity index (χ2n) is 4.26. The summed E-state index contributed by atoms with van der Waals surface area (Å²) in [7, 11) is 0. The van der Waals surface area contributed by atoms with E-state index in [1.54, 1.807) is 23.5 Å². The van der Waals surface area contributed by atoms with Crippen LogP contribution >= 0.6 is 43.2 Å². The normalized spacial score (nSPS) is 12.7. The zero-order chi connectivity index (χ0) is 14.0. The molecule has 102 valence electrons. The molecule has 0 fully saturated rings. The molecule has 1 aromatic carbocycles. The van der Waals surface area contributed by atoms with Gasteiger partial charge in [-0.3, -0.25) is 11.3 Å². The molecule has 6 heteroatoms. The van der Waals surface area contributed by atoms with Crippen molar-refractivity contribution in [1.82, 2.24) is 5.43 Å². The number of thiophene rings is 1. The molecular weight excluding hydrogens is 395 g/mol. The highest BCUT2D eigenvalue weighted by Crippen LogP contribution is 2.33. The molecule has 1 heterocycles. The number of rotatable bonds is 4. The summed E-state index contributed by atoms with van der Waals surface area (Å²) in [6.45, 7) is 2.03. The SMILES string of the molecule is Cc1cc(C(Cc2cc(Br)ccc2F)NN)sc1Br. The van der Waals surface area contributed by atoms with Gasteiger partial charge in [0.2, 0.25) is 0 Å². The van der Waals surface area contributed by atoms with E-state index >= 15 is 0 Å². The van der Waals surface area contributed by atoms with E-state index in [-0.39, 0.29) is 11.9 Å². The molecule has 0 amide bonds. The third-order valence-corrected chi connectivity index (χ3v) is 5.60. The van der Waals surface area contributed by atoms with Crippen LogP contribution in [0.5, 0.6) is 0 Å². The Labute approximate surface area is 132 Å². The number of nitrogens with two attached hydrogens (primary N) is 1. The third-order valence-electron chi connectivity index (χ3n) is 2.85. The van der Waals surface area contributed by atoms with Gasteiger partial charge in [-0.25, -0.2) is 4.39 Å². The second-order valence-corrected chi connectivity index (χ2v) is 7.58. The Morgan fingerprint density at radius 1 is 1.37 bits per heavy atom. The van der Waals surface area contributed by atoms with E-state index in [4.69, 9.17) is 5.84 Å². The Morgan fingerprint density at radius 2 is 2.11 bits per heavy atom. The number of hydrazine groups is 1. The molecule has 3 N–H and O–H groups in total. The molecule has 2 aromatic rings. The Kier molecular flexibility index (Phi) is 5.14. The highest BCUT2D eigenvalue weighted by Gasteiger charge is 2.16. The van der Waals surface area contributed by atoms with Crippen LogP contribution in [0.3, 0.4) is 0 Å². The predicted octanol–water partition coefficient (Wildman–Crippen LogP) is 4.47. The average Bonchev–Trinajstić information content (AvgIpc) is 2.70. The van der Waals surface area contributed by atoms with Crippen molar-refractivity contribution in [2.24, 2.45) is 5.84 Å². The zero-order valence-electron chi connectivity index (χ0n) is 10.2. The maximum Gasteiger partial charge on any atom is 0.126 e. The summed E-state index contributed by atoms with van der Waals surface area (Å²) >= 11 is 8.47. The predicted molar refractivity (Wildman–Crippen MR) is 84.6 cm³/mol. The van der Waals surface area contributed by atoms with Crippen LogP contribution < -0.4 is 11.3 Å². The van der Waals surface area contributed by atoms with E-state index in [2.05, 4.69) is 43.4 Å². The van der Waals surface area contributed by atoms with Crippen LogP contribution in [0.1, 0.15) is 22.0 Å². The third kappa shape index (κ3) is 3.64.